The number of thiazole rings is 1. The molecule has 1 aliphatic rings. The molecule has 104 valence electrons. The van der Waals surface area contributed by atoms with Crippen molar-refractivity contribution in [3.63, 3.8) is 0 Å². The molecule has 0 atom stereocenters. The van der Waals surface area contributed by atoms with Crippen molar-refractivity contribution in [3.8, 4) is 0 Å². The van der Waals surface area contributed by atoms with E-state index in [1.807, 2.05) is 6.07 Å². The number of carbonyl (C=O) groups is 1. The summed E-state index contributed by atoms with van der Waals surface area (Å²) in [7, 11) is 0. The fourth-order valence-electron chi connectivity index (χ4n) is 1.88. The van der Waals surface area contributed by atoms with Crippen LogP contribution in [0, 0.1) is 5.82 Å². The molecule has 1 saturated carbocycles. The summed E-state index contributed by atoms with van der Waals surface area (Å²) in [6.45, 7) is 0. The smallest absolute Gasteiger partial charge is 0.246 e. The zero-order valence-electron chi connectivity index (χ0n) is 10.7. The highest BCUT2D eigenvalue weighted by Gasteiger charge is 2.46. The lowest BCUT2D eigenvalue weighted by Crippen LogP contribution is -2.37. The van der Waals surface area contributed by atoms with Gasteiger partial charge in [0.2, 0.25) is 5.91 Å². The highest BCUT2D eigenvalue weighted by molar-refractivity contribution is 7.15. The molecule has 2 aromatic rings. The highest BCUT2D eigenvalue weighted by atomic mass is 32.1. The van der Waals surface area contributed by atoms with Gasteiger partial charge in [-0.1, -0.05) is 12.1 Å². The molecule has 0 spiro atoms. The first-order chi connectivity index (χ1) is 9.55. The van der Waals surface area contributed by atoms with Crippen LogP contribution in [0.2, 0.25) is 0 Å². The lowest BCUT2D eigenvalue weighted by Gasteiger charge is -2.06. The molecule has 0 unspecified atom stereocenters. The molecule has 0 bridgehead atoms. The molecule has 0 radical (unpaired) electrons. The van der Waals surface area contributed by atoms with Crippen LogP contribution < -0.4 is 11.1 Å². The second-order valence-corrected chi connectivity index (χ2v) is 6.16. The summed E-state index contributed by atoms with van der Waals surface area (Å²) in [5.74, 6) is -0.427. The van der Waals surface area contributed by atoms with Crippen LogP contribution in [0.1, 0.15) is 23.3 Å². The Hall–Kier alpha value is -1.79. The molecule has 1 aliphatic carbocycles. The van der Waals surface area contributed by atoms with Crippen LogP contribution in [0.4, 0.5) is 9.52 Å². The van der Waals surface area contributed by atoms with Crippen molar-refractivity contribution in [3.05, 3.63) is 46.7 Å². The number of nitrogens with two attached hydrogens (primary N) is 1. The summed E-state index contributed by atoms with van der Waals surface area (Å²) < 4.78 is 13.1. The lowest BCUT2D eigenvalue weighted by atomic mass is 10.1. The third kappa shape index (κ3) is 2.86. The number of hydrogen-bond acceptors (Lipinski definition) is 4. The SMILES string of the molecule is NC1(C(=O)Nc2ncc(Cc3cccc(F)c3)s2)CC1. The molecule has 1 heterocycles. The first kappa shape index (κ1) is 13.2. The minimum Gasteiger partial charge on any atom is -0.317 e. The second-order valence-electron chi connectivity index (χ2n) is 5.05. The highest BCUT2D eigenvalue weighted by Crippen LogP contribution is 2.33. The van der Waals surface area contributed by atoms with Gasteiger partial charge in [0.1, 0.15) is 5.82 Å². The predicted octanol–water partition coefficient (Wildman–Crippen LogP) is 2.30. The normalized spacial score (nSPS) is 15.9. The number of aromatic nitrogens is 1. The average molecular weight is 291 g/mol. The second kappa shape index (κ2) is 4.96. The average Bonchev–Trinajstić information content (AvgIpc) is 3.01. The van der Waals surface area contributed by atoms with E-state index >= 15 is 0 Å². The van der Waals surface area contributed by atoms with Crippen LogP contribution in [-0.2, 0) is 11.2 Å². The van der Waals surface area contributed by atoms with Crippen LogP contribution >= 0.6 is 11.3 Å². The van der Waals surface area contributed by atoms with E-state index in [2.05, 4.69) is 10.3 Å². The lowest BCUT2D eigenvalue weighted by molar-refractivity contribution is -0.118. The van der Waals surface area contributed by atoms with Gasteiger partial charge in [0.15, 0.2) is 5.13 Å². The Morgan fingerprint density at radius 2 is 2.30 bits per heavy atom. The molecule has 0 saturated heterocycles. The van der Waals surface area contributed by atoms with E-state index < -0.39 is 5.54 Å². The van der Waals surface area contributed by atoms with E-state index in [0.717, 1.165) is 23.3 Å². The van der Waals surface area contributed by atoms with Gasteiger partial charge in [-0.3, -0.25) is 4.79 Å². The molecule has 6 heteroatoms. The predicted molar refractivity (Wildman–Crippen MR) is 76.1 cm³/mol. The van der Waals surface area contributed by atoms with Crippen molar-refractivity contribution in [1.82, 2.24) is 4.98 Å². The number of hydrogen-bond donors (Lipinski definition) is 2. The fourth-order valence-corrected chi connectivity index (χ4v) is 2.72. The van der Waals surface area contributed by atoms with Gasteiger partial charge in [-0.25, -0.2) is 9.37 Å². The number of nitrogens with zero attached hydrogens (tertiary/aromatic N) is 1. The van der Waals surface area contributed by atoms with Crippen molar-refractivity contribution in [1.29, 1.82) is 0 Å². The van der Waals surface area contributed by atoms with Crippen molar-refractivity contribution >= 4 is 22.4 Å². The Morgan fingerprint density at radius 3 is 3.00 bits per heavy atom. The number of carbonyl (C=O) groups excluding carboxylic acids is 1. The maximum absolute atomic E-state index is 13.1. The first-order valence-electron chi connectivity index (χ1n) is 6.35. The topological polar surface area (TPSA) is 68.0 Å². The number of amides is 1. The maximum atomic E-state index is 13.1. The Bertz CT molecular complexity index is 651. The van der Waals surface area contributed by atoms with Gasteiger partial charge in [-0.2, -0.15) is 0 Å². The van der Waals surface area contributed by atoms with Crippen molar-refractivity contribution in [2.75, 3.05) is 5.32 Å². The van der Waals surface area contributed by atoms with Crippen LogP contribution in [0.5, 0.6) is 0 Å². The zero-order valence-corrected chi connectivity index (χ0v) is 11.5. The van der Waals surface area contributed by atoms with E-state index in [4.69, 9.17) is 5.73 Å². The molecule has 1 amide bonds. The molecule has 1 aromatic carbocycles. The van der Waals surface area contributed by atoms with Gasteiger partial charge in [-0.15, -0.1) is 11.3 Å². The summed E-state index contributed by atoms with van der Waals surface area (Å²) >= 11 is 1.38. The van der Waals surface area contributed by atoms with E-state index in [0.29, 0.717) is 11.6 Å². The van der Waals surface area contributed by atoms with Gasteiger partial charge < -0.3 is 11.1 Å². The minimum atomic E-state index is -0.700. The summed E-state index contributed by atoms with van der Waals surface area (Å²) in [5, 5.41) is 3.27. The number of benzene rings is 1. The quantitative estimate of drug-likeness (QED) is 0.908. The van der Waals surface area contributed by atoms with Gasteiger partial charge in [-0.05, 0) is 30.5 Å². The van der Waals surface area contributed by atoms with Crippen molar-refractivity contribution in [2.24, 2.45) is 5.73 Å². The third-order valence-electron chi connectivity index (χ3n) is 3.28. The molecule has 3 N–H and O–H groups in total. The number of anilines is 1. The molecule has 1 aromatic heterocycles. The van der Waals surface area contributed by atoms with E-state index in [-0.39, 0.29) is 11.7 Å². The van der Waals surface area contributed by atoms with Gasteiger partial charge >= 0.3 is 0 Å². The summed E-state index contributed by atoms with van der Waals surface area (Å²) in [5.41, 5.74) is 5.99. The van der Waals surface area contributed by atoms with E-state index in [1.54, 1.807) is 12.3 Å². The largest absolute Gasteiger partial charge is 0.317 e. The molecule has 1 fully saturated rings. The molecule has 4 nitrogen and oxygen atoms in total. The van der Waals surface area contributed by atoms with E-state index in [9.17, 15) is 9.18 Å². The standard InChI is InChI=1S/C14H14FN3OS/c15-10-3-1-2-9(6-10)7-11-8-17-13(20-11)18-12(19)14(16)4-5-14/h1-3,6,8H,4-5,7,16H2,(H,17,18,19). The fraction of sp³-hybridized carbons (Fsp3) is 0.286. The molecular weight excluding hydrogens is 277 g/mol. The summed E-state index contributed by atoms with van der Waals surface area (Å²) in [6.07, 6.45) is 3.74. The maximum Gasteiger partial charge on any atom is 0.246 e. The first-order valence-corrected chi connectivity index (χ1v) is 7.16. The molecule has 3 rings (SSSR count). The van der Waals surface area contributed by atoms with Crippen molar-refractivity contribution in [2.45, 2.75) is 24.8 Å². The molecule has 20 heavy (non-hydrogen) atoms. The molecule has 0 aliphatic heterocycles. The Morgan fingerprint density at radius 1 is 1.50 bits per heavy atom. The van der Waals surface area contributed by atoms with Gasteiger partial charge in [0, 0.05) is 17.5 Å². The third-order valence-corrected chi connectivity index (χ3v) is 4.20. The Balaban J connectivity index is 1.66. The zero-order chi connectivity index (χ0) is 14.2. The van der Waals surface area contributed by atoms with Gasteiger partial charge in [0.25, 0.3) is 0 Å². The van der Waals surface area contributed by atoms with E-state index in [1.165, 1.54) is 23.5 Å². The summed E-state index contributed by atoms with van der Waals surface area (Å²) in [6, 6.07) is 6.45. The minimum absolute atomic E-state index is 0.177. The molecular formula is C14H14FN3OS. The van der Waals surface area contributed by atoms with Crippen LogP contribution in [0.15, 0.2) is 30.5 Å². The Labute approximate surface area is 119 Å². The number of halogens is 1. The summed E-state index contributed by atoms with van der Waals surface area (Å²) in [4.78, 5) is 16.9. The van der Waals surface area contributed by atoms with Crippen LogP contribution in [0.25, 0.3) is 0 Å². The van der Waals surface area contributed by atoms with Crippen molar-refractivity contribution < 1.29 is 9.18 Å². The number of rotatable bonds is 4. The number of nitrogens with one attached hydrogen (secondary N) is 1. The van der Waals surface area contributed by atoms with Crippen LogP contribution in [-0.4, -0.2) is 16.4 Å². The van der Waals surface area contributed by atoms with Gasteiger partial charge in [0.05, 0.1) is 5.54 Å². The van der Waals surface area contributed by atoms with Crippen LogP contribution in [0.3, 0.4) is 0 Å². The Kier molecular flexibility index (Phi) is 3.27. The monoisotopic (exact) mass is 291 g/mol.